The van der Waals surface area contributed by atoms with Crippen LogP contribution < -0.4 is 10.0 Å². The number of piperidine rings is 1. The number of para-hydroxylation sites is 1. The molecule has 2 aromatic rings. The molecule has 3 rings (SSSR count). The molecule has 1 aromatic heterocycles. The second kappa shape index (κ2) is 15.4. The molecule has 1 aliphatic heterocycles. The van der Waals surface area contributed by atoms with Crippen molar-refractivity contribution in [2.75, 3.05) is 39.5 Å². The molecule has 1 fully saturated rings. The van der Waals surface area contributed by atoms with Gasteiger partial charge in [0.1, 0.15) is 16.5 Å². The number of pyridine rings is 1. The molecule has 0 spiro atoms. The van der Waals surface area contributed by atoms with Gasteiger partial charge in [0.25, 0.3) is 0 Å². The fraction of sp³-hybridized carbons (Fsp3) is 0.600. The average Bonchev–Trinajstić information content (AvgIpc) is 2.92. The van der Waals surface area contributed by atoms with E-state index in [1.165, 1.54) is 13.0 Å². The van der Waals surface area contributed by atoms with Crippen molar-refractivity contribution in [3.63, 3.8) is 0 Å². The van der Waals surface area contributed by atoms with Gasteiger partial charge < -0.3 is 24.4 Å². The van der Waals surface area contributed by atoms with Crippen molar-refractivity contribution in [3.05, 3.63) is 36.0 Å². The lowest BCUT2D eigenvalue weighted by Crippen LogP contribution is -2.52. The van der Waals surface area contributed by atoms with E-state index >= 15 is 0 Å². The molecule has 2 heterocycles. The number of likely N-dealkylation sites (tertiary alicyclic amines) is 1. The quantitative estimate of drug-likeness (QED) is 0.254. The lowest BCUT2D eigenvalue weighted by atomic mass is 9.93. The molecule has 1 aromatic carbocycles. The van der Waals surface area contributed by atoms with E-state index in [1.807, 2.05) is 13.0 Å². The maximum Gasteiger partial charge on any atom is 0.407 e. The summed E-state index contributed by atoms with van der Waals surface area (Å²) >= 11 is 0. The Balaban J connectivity index is 1.66. The number of aromatic nitrogens is 1. The molecule has 1 aliphatic rings. The number of aryl methyl sites for hydroxylation is 1. The Hall–Kier alpha value is -3.29. The van der Waals surface area contributed by atoms with E-state index in [0.29, 0.717) is 55.9 Å². The summed E-state index contributed by atoms with van der Waals surface area (Å²) in [5.41, 5.74) is 0.601. The van der Waals surface area contributed by atoms with Crippen LogP contribution in [0.2, 0.25) is 0 Å². The first-order valence-corrected chi connectivity index (χ1v) is 16.1. The first kappa shape index (κ1) is 34.2. The minimum atomic E-state index is -4.15. The van der Waals surface area contributed by atoms with Crippen molar-refractivity contribution in [2.45, 2.75) is 76.8 Å². The normalized spacial score (nSPS) is 15.2. The van der Waals surface area contributed by atoms with Crippen LogP contribution >= 0.6 is 0 Å². The van der Waals surface area contributed by atoms with E-state index in [0.717, 1.165) is 18.4 Å². The van der Waals surface area contributed by atoms with Gasteiger partial charge in [-0.25, -0.2) is 13.2 Å². The molecule has 0 unspecified atom stereocenters. The van der Waals surface area contributed by atoms with Gasteiger partial charge in [-0.1, -0.05) is 12.1 Å². The highest BCUT2D eigenvalue weighted by molar-refractivity contribution is 7.89. The zero-order valence-corrected chi connectivity index (χ0v) is 26.5. The Kier molecular flexibility index (Phi) is 12.3. The predicted molar refractivity (Wildman–Crippen MR) is 161 cm³/mol. The standard InChI is InChI=1S/C30H44N4O8S/c1-21-18-24-8-6-9-26(27(24)32-19-21)43(38,39)33-25(20-40-16-7-13-31-29(37)42-30(3,4)5)28(36)34-14-10-23(11-15-34)12-17-41-22(2)35/h6,8-9,18-19,23,25,33H,7,10-17,20H2,1-5H3,(H,31,37)/t25-/m0/s1. The molecule has 0 aliphatic carbocycles. The summed E-state index contributed by atoms with van der Waals surface area (Å²) in [7, 11) is -4.15. The lowest BCUT2D eigenvalue weighted by molar-refractivity contribution is -0.141. The fourth-order valence-corrected chi connectivity index (χ4v) is 6.13. The molecule has 43 heavy (non-hydrogen) atoms. The van der Waals surface area contributed by atoms with Gasteiger partial charge in [0.2, 0.25) is 15.9 Å². The number of alkyl carbamates (subject to hydrolysis) is 1. The summed E-state index contributed by atoms with van der Waals surface area (Å²) in [6.45, 7) is 10.1. The van der Waals surface area contributed by atoms with Crippen LogP contribution in [0.3, 0.4) is 0 Å². The second-order valence-electron chi connectivity index (χ2n) is 11.8. The van der Waals surface area contributed by atoms with Gasteiger partial charge in [-0.05, 0) is 77.0 Å². The first-order valence-electron chi connectivity index (χ1n) is 14.6. The number of nitrogens with zero attached hydrogens (tertiary/aromatic N) is 2. The van der Waals surface area contributed by atoms with E-state index in [-0.39, 0.29) is 30.0 Å². The number of benzene rings is 1. The smallest absolute Gasteiger partial charge is 0.407 e. The Labute approximate surface area is 253 Å². The molecular formula is C30H44N4O8S. The van der Waals surface area contributed by atoms with Crippen molar-refractivity contribution in [2.24, 2.45) is 5.92 Å². The topological polar surface area (TPSA) is 153 Å². The highest BCUT2D eigenvalue weighted by atomic mass is 32.2. The van der Waals surface area contributed by atoms with Crippen molar-refractivity contribution in [1.29, 1.82) is 0 Å². The van der Waals surface area contributed by atoms with E-state index in [2.05, 4.69) is 15.0 Å². The summed E-state index contributed by atoms with van der Waals surface area (Å²) < 4.78 is 45.8. The molecule has 0 saturated carbocycles. The number of carbonyl (C=O) groups is 3. The van der Waals surface area contributed by atoms with Gasteiger partial charge in [-0.2, -0.15) is 4.72 Å². The minimum Gasteiger partial charge on any atom is -0.466 e. The van der Waals surface area contributed by atoms with Crippen molar-refractivity contribution in [1.82, 2.24) is 19.9 Å². The summed E-state index contributed by atoms with van der Waals surface area (Å²) in [6, 6.07) is 5.58. The molecule has 2 amide bonds. The van der Waals surface area contributed by atoms with E-state index in [9.17, 15) is 22.8 Å². The summed E-state index contributed by atoms with van der Waals surface area (Å²) in [4.78, 5) is 42.5. The first-order chi connectivity index (χ1) is 20.2. The van der Waals surface area contributed by atoms with E-state index < -0.39 is 27.8 Å². The highest BCUT2D eigenvalue weighted by Gasteiger charge is 2.32. The summed E-state index contributed by atoms with van der Waals surface area (Å²) in [6.07, 6.45) is 3.65. The number of hydrogen-bond acceptors (Lipinski definition) is 9. The van der Waals surface area contributed by atoms with Crippen LogP contribution in [0.25, 0.3) is 10.9 Å². The fourth-order valence-electron chi connectivity index (χ4n) is 4.78. The van der Waals surface area contributed by atoms with Gasteiger partial charge in [0.15, 0.2) is 0 Å². The van der Waals surface area contributed by atoms with Crippen LogP contribution in [0, 0.1) is 12.8 Å². The predicted octanol–water partition coefficient (Wildman–Crippen LogP) is 3.31. The van der Waals surface area contributed by atoms with Gasteiger partial charge >= 0.3 is 12.1 Å². The van der Waals surface area contributed by atoms with Crippen molar-refractivity contribution < 1.29 is 37.0 Å². The molecule has 238 valence electrons. The van der Waals surface area contributed by atoms with Crippen LogP contribution in [0.4, 0.5) is 4.79 Å². The van der Waals surface area contributed by atoms with Crippen LogP contribution in [-0.2, 0) is 33.8 Å². The van der Waals surface area contributed by atoms with Crippen molar-refractivity contribution >= 4 is 38.9 Å². The Bertz CT molecular complexity index is 1370. The molecule has 12 nitrogen and oxygen atoms in total. The molecule has 0 bridgehead atoms. The zero-order valence-electron chi connectivity index (χ0n) is 25.7. The van der Waals surface area contributed by atoms with Crippen LogP contribution in [0.5, 0.6) is 0 Å². The Morgan fingerprint density at radius 2 is 1.86 bits per heavy atom. The number of sulfonamides is 1. The molecule has 1 saturated heterocycles. The van der Waals surface area contributed by atoms with Crippen LogP contribution in [-0.4, -0.2) is 87.4 Å². The zero-order chi connectivity index (χ0) is 31.6. The van der Waals surface area contributed by atoms with Gasteiger partial charge in [-0.3, -0.25) is 14.6 Å². The minimum absolute atomic E-state index is 0.0199. The summed E-state index contributed by atoms with van der Waals surface area (Å²) in [5, 5.41) is 3.32. The maximum atomic E-state index is 13.6. The second-order valence-corrected chi connectivity index (χ2v) is 13.5. The van der Waals surface area contributed by atoms with Gasteiger partial charge in [0, 0.05) is 44.7 Å². The summed E-state index contributed by atoms with van der Waals surface area (Å²) in [5.74, 6) is -0.393. The molecule has 1 atom stereocenters. The number of hydrogen-bond donors (Lipinski definition) is 2. The largest absolute Gasteiger partial charge is 0.466 e. The maximum absolute atomic E-state index is 13.6. The number of fused-ring (bicyclic) bond motifs is 1. The number of nitrogens with one attached hydrogen (secondary N) is 2. The Morgan fingerprint density at radius 1 is 1.14 bits per heavy atom. The Morgan fingerprint density at radius 3 is 2.53 bits per heavy atom. The molecule has 0 radical (unpaired) electrons. The van der Waals surface area contributed by atoms with Gasteiger partial charge in [-0.15, -0.1) is 0 Å². The molecule has 13 heteroatoms. The van der Waals surface area contributed by atoms with Gasteiger partial charge in [0.05, 0.1) is 18.7 Å². The van der Waals surface area contributed by atoms with E-state index in [4.69, 9.17) is 14.2 Å². The lowest BCUT2D eigenvalue weighted by Gasteiger charge is -2.34. The van der Waals surface area contributed by atoms with Crippen LogP contribution in [0.1, 0.15) is 58.9 Å². The third kappa shape index (κ3) is 11.0. The average molecular weight is 621 g/mol. The number of amides is 2. The SMILES string of the molecule is CC(=O)OCCC1CCN(C(=O)[C@H](COCCCNC(=O)OC(C)(C)C)NS(=O)(=O)c2cccc3cc(C)cnc23)CC1. The van der Waals surface area contributed by atoms with Crippen molar-refractivity contribution in [3.8, 4) is 0 Å². The number of rotatable bonds is 13. The number of carbonyl (C=O) groups excluding carboxylic acids is 3. The number of ether oxygens (including phenoxy) is 3. The highest BCUT2D eigenvalue weighted by Crippen LogP contribution is 2.24. The van der Waals surface area contributed by atoms with E-state index in [1.54, 1.807) is 44.0 Å². The molecule has 2 N–H and O–H groups in total. The monoisotopic (exact) mass is 620 g/mol. The number of esters is 1. The van der Waals surface area contributed by atoms with Crippen LogP contribution in [0.15, 0.2) is 35.4 Å². The third-order valence-corrected chi connectivity index (χ3v) is 8.37. The third-order valence-electron chi connectivity index (χ3n) is 6.87. The molecular weight excluding hydrogens is 576 g/mol.